The van der Waals surface area contributed by atoms with Gasteiger partial charge in [0, 0.05) is 36.5 Å². The van der Waals surface area contributed by atoms with Crippen LogP contribution in [0.15, 0.2) is 47.0 Å². The van der Waals surface area contributed by atoms with E-state index in [1.165, 1.54) is 17.7 Å². The van der Waals surface area contributed by atoms with Crippen LogP contribution in [0.5, 0.6) is 0 Å². The Kier molecular flexibility index (Phi) is 8.02. The highest BCUT2D eigenvalue weighted by Gasteiger charge is 2.44. The highest BCUT2D eigenvalue weighted by molar-refractivity contribution is 5.88. The van der Waals surface area contributed by atoms with Crippen LogP contribution >= 0.6 is 0 Å². The molecule has 3 unspecified atom stereocenters. The molecule has 1 heterocycles. The average molecular weight is 507 g/mol. The molecule has 2 amide bonds. The van der Waals surface area contributed by atoms with Crippen molar-refractivity contribution < 1.29 is 22.8 Å². The summed E-state index contributed by atoms with van der Waals surface area (Å²) in [6.07, 6.45) is 6.14. The van der Waals surface area contributed by atoms with Crippen LogP contribution in [0.1, 0.15) is 50.0 Å². The molecule has 1 aromatic heterocycles. The SMILES string of the molecule is CN(CC1CC1C(=O)NCC(=O)NC1=CC(C(F)(F)F)CC=C1)C1CCC(c2ccc(=O)[nH]c2)CC1. The van der Waals surface area contributed by atoms with Gasteiger partial charge in [-0.3, -0.25) is 14.4 Å². The van der Waals surface area contributed by atoms with Gasteiger partial charge in [0.2, 0.25) is 17.4 Å². The van der Waals surface area contributed by atoms with Crippen molar-refractivity contribution in [2.24, 2.45) is 17.8 Å². The van der Waals surface area contributed by atoms with E-state index in [4.69, 9.17) is 0 Å². The van der Waals surface area contributed by atoms with E-state index in [-0.39, 0.29) is 42.0 Å². The molecule has 10 heteroatoms. The second kappa shape index (κ2) is 11.0. The molecule has 2 fully saturated rings. The number of halogens is 3. The summed E-state index contributed by atoms with van der Waals surface area (Å²) in [7, 11) is 2.09. The van der Waals surface area contributed by atoms with Gasteiger partial charge in [0.1, 0.15) is 0 Å². The van der Waals surface area contributed by atoms with Crippen molar-refractivity contribution in [3.05, 3.63) is 58.2 Å². The van der Waals surface area contributed by atoms with Gasteiger partial charge in [-0.15, -0.1) is 0 Å². The fourth-order valence-corrected chi connectivity index (χ4v) is 5.31. The summed E-state index contributed by atoms with van der Waals surface area (Å²) in [6, 6.07) is 3.93. The summed E-state index contributed by atoms with van der Waals surface area (Å²) in [5.41, 5.74) is 1.19. The minimum atomic E-state index is -4.36. The van der Waals surface area contributed by atoms with Crippen molar-refractivity contribution in [3.8, 4) is 0 Å². The van der Waals surface area contributed by atoms with Crippen molar-refractivity contribution in [3.63, 3.8) is 0 Å². The number of hydrogen-bond donors (Lipinski definition) is 3. The first kappa shape index (κ1) is 26.2. The summed E-state index contributed by atoms with van der Waals surface area (Å²) >= 11 is 0. The van der Waals surface area contributed by atoms with Gasteiger partial charge in [-0.1, -0.05) is 12.1 Å². The Labute approximate surface area is 208 Å². The van der Waals surface area contributed by atoms with Crippen molar-refractivity contribution in [2.75, 3.05) is 20.1 Å². The Bertz CT molecular complexity index is 1050. The van der Waals surface area contributed by atoms with Gasteiger partial charge in [-0.05, 0) is 75.1 Å². The molecule has 1 aromatic rings. The van der Waals surface area contributed by atoms with Gasteiger partial charge in [-0.25, -0.2) is 0 Å². The van der Waals surface area contributed by atoms with E-state index in [1.807, 2.05) is 12.3 Å². The van der Waals surface area contributed by atoms with E-state index in [1.54, 1.807) is 6.07 Å². The summed E-state index contributed by atoms with van der Waals surface area (Å²) in [4.78, 5) is 40.9. The maximum Gasteiger partial charge on any atom is 0.395 e. The second-order valence-corrected chi connectivity index (χ2v) is 10.2. The Morgan fingerprint density at radius 1 is 1.17 bits per heavy atom. The largest absolute Gasteiger partial charge is 0.395 e. The van der Waals surface area contributed by atoms with Gasteiger partial charge in [0.15, 0.2) is 0 Å². The van der Waals surface area contributed by atoms with Crippen LogP contribution in [0.25, 0.3) is 0 Å². The number of carbonyl (C=O) groups is 2. The van der Waals surface area contributed by atoms with E-state index < -0.39 is 18.0 Å². The van der Waals surface area contributed by atoms with Crippen LogP contribution in [0, 0.1) is 17.8 Å². The molecule has 3 aliphatic rings. The van der Waals surface area contributed by atoms with Crippen LogP contribution in [-0.4, -0.2) is 54.1 Å². The normalized spacial score (nSPS) is 27.9. The third kappa shape index (κ3) is 6.87. The number of nitrogens with zero attached hydrogens (tertiary/aromatic N) is 1. The minimum Gasteiger partial charge on any atom is -0.347 e. The van der Waals surface area contributed by atoms with Crippen LogP contribution in [0.3, 0.4) is 0 Å². The zero-order valence-electron chi connectivity index (χ0n) is 20.3. The number of hydrogen-bond acceptors (Lipinski definition) is 4. The number of pyridine rings is 1. The van der Waals surface area contributed by atoms with Gasteiger partial charge >= 0.3 is 6.18 Å². The topological polar surface area (TPSA) is 94.3 Å². The molecule has 0 saturated heterocycles. The number of alkyl halides is 3. The number of carbonyl (C=O) groups excluding carboxylic acids is 2. The number of aromatic amines is 1. The Hall–Kier alpha value is -2.88. The van der Waals surface area contributed by atoms with Crippen LogP contribution < -0.4 is 16.2 Å². The second-order valence-electron chi connectivity index (χ2n) is 10.2. The molecule has 36 heavy (non-hydrogen) atoms. The molecule has 7 nitrogen and oxygen atoms in total. The Morgan fingerprint density at radius 2 is 1.92 bits per heavy atom. The molecule has 0 radical (unpaired) electrons. The van der Waals surface area contributed by atoms with E-state index >= 15 is 0 Å². The molecule has 0 aliphatic heterocycles. The zero-order valence-corrected chi connectivity index (χ0v) is 20.3. The lowest BCUT2D eigenvalue weighted by Crippen LogP contribution is -2.39. The molecule has 0 bridgehead atoms. The highest BCUT2D eigenvalue weighted by atomic mass is 19.4. The quantitative estimate of drug-likeness (QED) is 0.505. The molecule has 3 atom stereocenters. The first-order chi connectivity index (χ1) is 17.1. The fraction of sp³-hybridized carbons (Fsp3) is 0.577. The molecule has 196 valence electrons. The lowest BCUT2D eigenvalue weighted by atomic mass is 9.82. The van der Waals surface area contributed by atoms with Gasteiger partial charge in [0.05, 0.1) is 12.5 Å². The summed E-state index contributed by atoms with van der Waals surface area (Å²) in [5, 5.41) is 5.05. The van der Waals surface area contributed by atoms with E-state index in [9.17, 15) is 27.6 Å². The van der Waals surface area contributed by atoms with Gasteiger partial charge in [-0.2, -0.15) is 13.2 Å². The number of nitrogens with one attached hydrogen (secondary N) is 3. The lowest BCUT2D eigenvalue weighted by molar-refractivity contribution is -0.160. The molecule has 2 saturated carbocycles. The van der Waals surface area contributed by atoms with Gasteiger partial charge < -0.3 is 20.5 Å². The van der Waals surface area contributed by atoms with E-state index in [0.717, 1.165) is 44.7 Å². The third-order valence-corrected chi connectivity index (χ3v) is 7.58. The van der Waals surface area contributed by atoms with Crippen molar-refractivity contribution in [1.29, 1.82) is 0 Å². The summed E-state index contributed by atoms with van der Waals surface area (Å²) < 4.78 is 38.7. The first-order valence-corrected chi connectivity index (χ1v) is 12.5. The average Bonchev–Trinajstić information content (AvgIpc) is 3.62. The predicted octanol–water partition coefficient (Wildman–Crippen LogP) is 3.22. The monoisotopic (exact) mass is 506 g/mol. The number of allylic oxidation sites excluding steroid dienone is 3. The molecule has 0 spiro atoms. The van der Waals surface area contributed by atoms with Gasteiger partial charge in [0.25, 0.3) is 0 Å². The third-order valence-electron chi connectivity index (χ3n) is 7.58. The van der Waals surface area contributed by atoms with Crippen molar-refractivity contribution in [2.45, 2.75) is 56.7 Å². The highest BCUT2D eigenvalue weighted by Crippen LogP contribution is 2.41. The lowest BCUT2D eigenvalue weighted by Gasteiger charge is -2.35. The molecular weight excluding hydrogens is 473 g/mol. The fourth-order valence-electron chi connectivity index (χ4n) is 5.31. The number of rotatable bonds is 8. The van der Waals surface area contributed by atoms with E-state index in [0.29, 0.717) is 12.0 Å². The summed E-state index contributed by atoms with van der Waals surface area (Å²) in [5.74, 6) is -1.79. The first-order valence-electron chi connectivity index (χ1n) is 12.5. The maximum atomic E-state index is 12.9. The van der Waals surface area contributed by atoms with E-state index in [2.05, 4.69) is 27.6 Å². The maximum absolute atomic E-state index is 12.9. The molecule has 3 aliphatic carbocycles. The number of H-pyrrole nitrogens is 1. The molecule has 4 rings (SSSR count). The Morgan fingerprint density at radius 3 is 2.58 bits per heavy atom. The minimum absolute atomic E-state index is 0.0892. The number of amides is 2. The van der Waals surface area contributed by atoms with Crippen LogP contribution in [-0.2, 0) is 9.59 Å². The zero-order chi connectivity index (χ0) is 25.9. The molecule has 0 aromatic carbocycles. The molecule has 3 N–H and O–H groups in total. The molecular formula is C26H33F3N4O3. The predicted molar refractivity (Wildman–Crippen MR) is 129 cm³/mol. The Balaban J connectivity index is 1.15. The van der Waals surface area contributed by atoms with Crippen molar-refractivity contribution >= 4 is 11.8 Å². The standard InChI is InChI=1S/C26H33F3N4O3/c1-33(21-8-5-16(6-9-21)17-7-10-23(34)30-13-17)15-18-11-22(18)25(36)31-14-24(35)32-20-4-2-3-19(12-20)26(27,28)29/h2,4,7,10,12-13,16,18-19,21-22H,3,5-6,8-9,11,14-15H2,1H3,(H,30,34)(H,31,36)(H,32,35). The van der Waals surface area contributed by atoms with Crippen molar-refractivity contribution in [1.82, 2.24) is 20.5 Å². The number of aromatic nitrogens is 1. The van der Waals surface area contributed by atoms with Crippen LogP contribution in [0.4, 0.5) is 13.2 Å². The summed E-state index contributed by atoms with van der Waals surface area (Å²) in [6.45, 7) is 0.545. The van der Waals surface area contributed by atoms with Crippen LogP contribution in [0.2, 0.25) is 0 Å². The smallest absolute Gasteiger partial charge is 0.347 e.